The Kier molecular flexibility index (Phi) is 2.39. The zero-order valence-corrected chi connectivity index (χ0v) is 12.6. The first-order valence-corrected chi connectivity index (χ1v) is 8.86. The standard InChI is InChI=1S/C18H21NS/c1-2-17-15(3-4-19-17)8-16(1)20-18-9-12-5-13(10-18)7-14(6-12)11-18/h1-4,8,12-14,19H,5-7,9-11H2. The lowest BCUT2D eigenvalue weighted by atomic mass is 9.56. The topological polar surface area (TPSA) is 15.8 Å². The van der Waals surface area contributed by atoms with Crippen molar-refractivity contribution in [3.8, 4) is 0 Å². The van der Waals surface area contributed by atoms with Gasteiger partial charge in [0.15, 0.2) is 0 Å². The minimum atomic E-state index is 0.582. The van der Waals surface area contributed by atoms with Crippen molar-refractivity contribution in [1.29, 1.82) is 0 Å². The number of nitrogens with one attached hydrogen (secondary N) is 1. The Morgan fingerprint density at radius 1 is 0.950 bits per heavy atom. The number of rotatable bonds is 2. The van der Waals surface area contributed by atoms with Gasteiger partial charge in [-0.05, 0) is 80.5 Å². The number of fused-ring (bicyclic) bond motifs is 1. The van der Waals surface area contributed by atoms with Crippen molar-refractivity contribution in [3.05, 3.63) is 30.5 Å². The Morgan fingerprint density at radius 2 is 1.65 bits per heavy atom. The molecule has 4 aliphatic rings. The van der Waals surface area contributed by atoms with E-state index < -0.39 is 0 Å². The summed E-state index contributed by atoms with van der Waals surface area (Å²) in [4.78, 5) is 4.78. The quantitative estimate of drug-likeness (QED) is 0.798. The fraction of sp³-hybridized carbons (Fsp3) is 0.556. The Hall–Kier alpha value is -0.890. The van der Waals surface area contributed by atoms with Crippen molar-refractivity contribution in [2.45, 2.75) is 48.2 Å². The predicted molar refractivity (Wildman–Crippen MR) is 85.1 cm³/mol. The van der Waals surface area contributed by atoms with E-state index in [-0.39, 0.29) is 0 Å². The number of benzene rings is 1. The van der Waals surface area contributed by atoms with Crippen molar-refractivity contribution in [2.24, 2.45) is 17.8 Å². The number of hydrogen-bond donors (Lipinski definition) is 1. The molecule has 0 unspecified atom stereocenters. The van der Waals surface area contributed by atoms with Crippen LogP contribution in [0.3, 0.4) is 0 Å². The molecule has 4 saturated carbocycles. The van der Waals surface area contributed by atoms with Gasteiger partial charge in [0, 0.05) is 26.7 Å². The van der Waals surface area contributed by atoms with Crippen LogP contribution in [-0.4, -0.2) is 9.73 Å². The van der Waals surface area contributed by atoms with E-state index in [4.69, 9.17) is 0 Å². The van der Waals surface area contributed by atoms with Crippen molar-refractivity contribution >= 4 is 22.7 Å². The van der Waals surface area contributed by atoms with Gasteiger partial charge in [-0.15, -0.1) is 11.8 Å². The second-order valence-corrected chi connectivity index (χ2v) is 8.97. The zero-order chi connectivity index (χ0) is 13.2. The Balaban J connectivity index is 1.48. The van der Waals surface area contributed by atoms with Gasteiger partial charge in [-0.1, -0.05) is 0 Å². The third-order valence-electron chi connectivity index (χ3n) is 5.84. The summed E-state index contributed by atoms with van der Waals surface area (Å²) in [6.45, 7) is 0. The molecule has 0 saturated heterocycles. The van der Waals surface area contributed by atoms with Crippen molar-refractivity contribution in [1.82, 2.24) is 4.98 Å². The predicted octanol–water partition coefficient (Wildman–Crippen LogP) is 5.23. The summed E-state index contributed by atoms with van der Waals surface area (Å²) >= 11 is 2.21. The first-order chi connectivity index (χ1) is 9.78. The largest absolute Gasteiger partial charge is 0.361 e. The van der Waals surface area contributed by atoms with Crippen LogP contribution in [0, 0.1) is 17.8 Å². The van der Waals surface area contributed by atoms with Crippen LogP contribution in [0.25, 0.3) is 10.9 Å². The highest BCUT2D eigenvalue weighted by Gasteiger charge is 2.51. The van der Waals surface area contributed by atoms with E-state index in [1.165, 1.54) is 54.3 Å². The van der Waals surface area contributed by atoms with Crippen LogP contribution in [0.2, 0.25) is 0 Å². The molecular weight excluding hydrogens is 262 g/mol. The van der Waals surface area contributed by atoms with Crippen LogP contribution >= 0.6 is 11.8 Å². The van der Waals surface area contributed by atoms with Gasteiger partial charge in [0.25, 0.3) is 0 Å². The fourth-order valence-corrected chi connectivity index (χ4v) is 7.28. The molecule has 0 spiro atoms. The maximum Gasteiger partial charge on any atom is 0.0454 e. The number of hydrogen-bond acceptors (Lipinski definition) is 1. The van der Waals surface area contributed by atoms with Crippen LogP contribution in [-0.2, 0) is 0 Å². The molecule has 0 atom stereocenters. The molecule has 1 aromatic carbocycles. The highest BCUT2D eigenvalue weighted by molar-refractivity contribution is 8.00. The first-order valence-electron chi connectivity index (χ1n) is 8.04. The van der Waals surface area contributed by atoms with Crippen molar-refractivity contribution in [3.63, 3.8) is 0 Å². The van der Waals surface area contributed by atoms with E-state index in [0.29, 0.717) is 4.75 Å². The van der Waals surface area contributed by atoms with Gasteiger partial charge >= 0.3 is 0 Å². The number of aromatic nitrogens is 1. The number of H-pyrrole nitrogens is 1. The molecule has 0 radical (unpaired) electrons. The van der Waals surface area contributed by atoms with Gasteiger partial charge in [0.1, 0.15) is 0 Å². The van der Waals surface area contributed by atoms with Gasteiger partial charge in [0.2, 0.25) is 0 Å². The summed E-state index contributed by atoms with van der Waals surface area (Å²) in [6.07, 6.45) is 11.1. The molecule has 4 aliphatic carbocycles. The van der Waals surface area contributed by atoms with E-state index in [1.54, 1.807) is 0 Å². The minimum absolute atomic E-state index is 0.582. The second-order valence-electron chi connectivity index (χ2n) is 7.43. The maximum atomic E-state index is 3.30. The summed E-state index contributed by atoms with van der Waals surface area (Å²) in [7, 11) is 0. The smallest absolute Gasteiger partial charge is 0.0454 e. The molecule has 4 bridgehead atoms. The molecule has 2 aromatic rings. The first kappa shape index (κ1) is 11.7. The molecule has 1 aromatic heterocycles. The highest BCUT2D eigenvalue weighted by Crippen LogP contribution is 2.61. The number of thioether (sulfide) groups is 1. The van der Waals surface area contributed by atoms with Crippen molar-refractivity contribution in [2.75, 3.05) is 0 Å². The van der Waals surface area contributed by atoms with Crippen LogP contribution in [0.5, 0.6) is 0 Å². The molecule has 0 amide bonds. The normalized spacial score (nSPS) is 38.7. The average Bonchev–Trinajstić information content (AvgIpc) is 2.83. The van der Waals surface area contributed by atoms with Crippen LogP contribution in [0.4, 0.5) is 0 Å². The Bertz CT molecular complexity index is 621. The molecule has 104 valence electrons. The maximum absolute atomic E-state index is 3.30. The third-order valence-corrected chi connectivity index (χ3v) is 7.26. The van der Waals surface area contributed by atoms with Crippen LogP contribution in [0.15, 0.2) is 35.4 Å². The lowest BCUT2D eigenvalue weighted by Crippen LogP contribution is -2.48. The molecule has 1 heterocycles. The van der Waals surface area contributed by atoms with Gasteiger partial charge < -0.3 is 4.98 Å². The third kappa shape index (κ3) is 1.77. The van der Waals surface area contributed by atoms with Crippen LogP contribution < -0.4 is 0 Å². The fourth-order valence-electron chi connectivity index (χ4n) is 5.50. The molecule has 6 rings (SSSR count). The Labute approximate surface area is 124 Å². The van der Waals surface area contributed by atoms with Gasteiger partial charge in [-0.3, -0.25) is 0 Å². The van der Waals surface area contributed by atoms with Gasteiger partial charge in [-0.25, -0.2) is 0 Å². The number of aromatic amines is 1. The van der Waals surface area contributed by atoms with E-state index in [2.05, 4.69) is 41.0 Å². The van der Waals surface area contributed by atoms with E-state index >= 15 is 0 Å². The molecule has 0 aliphatic heterocycles. The highest BCUT2D eigenvalue weighted by atomic mass is 32.2. The second kappa shape index (κ2) is 4.07. The lowest BCUT2D eigenvalue weighted by molar-refractivity contribution is 0.0383. The molecule has 2 heteroatoms. The summed E-state index contributed by atoms with van der Waals surface area (Å²) < 4.78 is 0.582. The molecule has 4 fully saturated rings. The SMILES string of the molecule is c1cc2cc(SC34CC5CC(CC(C5)C3)C4)ccc2[nH]1. The van der Waals surface area contributed by atoms with E-state index in [1.807, 2.05) is 6.20 Å². The molecule has 1 nitrogen and oxygen atoms in total. The van der Waals surface area contributed by atoms with Crippen LogP contribution in [0.1, 0.15) is 38.5 Å². The zero-order valence-electron chi connectivity index (χ0n) is 11.8. The summed E-state index contributed by atoms with van der Waals surface area (Å²) in [5.74, 6) is 3.14. The summed E-state index contributed by atoms with van der Waals surface area (Å²) in [5.41, 5.74) is 1.26. The average molecular weight is 283 g/mol. The van der Waals surface area contributed by atoms with Gasteiger partial charge in [0.05, 0.1) is 0 Å². The summed E-state index contributed by atoms with van der Waals surface area (Å²) in [6, 6.07) is 9.15. The van der Waals surface area contributed by atoms with Crippen molar-refractivity contribution < 1.29 is 0 Å². The monoisotopic (exact) mass is 283 g/mol. The van der Waals surface area contributed by atoms with Gasteiger partial charge in [-0.2, -0.15) is 0 Å². The van der Waals surface area contributed by atoms with E-state index in [9.17, 15) is 0 Å². The minimum Gasteiger partial charge on any atom is -0.361 e. The molecule has 20 heavy (non-hydrogen) atoms. The lowest BCUT2D eigenvalue weighted by Gasteiger charge is -2.56. The Morgan fingerprint density at radius 3 is 2.35 bits per heavy atom. The van der Waals surface area contributed by atoms with E-state index in [0.717, 1.165) is 17.8 Å². The summed E-state index contributed by atoms with van der Waals surface area (Å²) in [5, 5.41) is 1.36. The molecular formula is C18H21NS. The molecule has 1 N–H and O–H groups in total.